The van der Waals surface area contributed by atoms with Gasteiger partial charge in [-0.25, -0.2) is 4.79 Å². The number of hydrogen-bond acceptors (Lipinski definition) is 7. The Kier molecular flexibility index (Phi) is 7.43. The van der Waals surface area contributed by atoms with Crippen LogP contribution in [0.1, 0.15) is 48.0 Å². The molecule has 2 amide bonds. The van der Waals surface area contributed by atoms with Crippen LogP contribution in [-0.4, -0.2) is 53.3 Å². The van der Waals surface area contributed by atoms with Crippen LogP contribution < -0.4 is 5.32 Å². The second-order valence-corrected chi connectivity index (χ2v) is 8.28. The first-order valence-corrected chi connectivity index (χ1v) is 10.6. The van der Waals surface area contributed by atoms with Crippen molar-refractivity contribution in [1.29, 1.82) is 0 Å². The molecular formula is C18H25N3O4S2. The predicted molar refractivity (Wildman–Crippen MR) is 110 cm³/mol. The number of carbonyl (C=O) groups is 3. The Bertz CT molecular complexity index is 773. The normalized spacial score (nSPS) is 18.3. The maximum Gasteiger partial charge on any atom is 0.341 e. The van der Waals surface area contributed by atoms with E-state index in [2.05, 4.69) is 10.3 Å². The summed E-state index contributed by atoms with van der Waals surface area (Å²) in [6.45, 7) is 8.77. The molecule has 0 spiro atoms. The third-order valence-electron chi connectivity index (χ3n) is 4.21. The van der Waals surface area contributed by atoms with Gasteiger partial charge in [0.1, 0.15) is 10.3 Å². The van der Waals surface area contributed by atoms with E-state index in [0.29, 0.717) is 35.2 Å². The van der Waals surface area contributed by atoms with Crippen LogP contribution in [0.4, 0.5) is 5.00 Å². The second kappa shape index (κ2) is 9.36. The van der Waals surface area contributed by atoms with Crippen molar-refractivity contribution in [3.05, 3.63) is 16.0 Å². The SMILES string of the molecule is CCN=C1S[C@H](CC(=O)Nc2sc(C)c(CC)c2C(=O)OC)C(=O)N1CC. The summed E-state index contributed by atoms with van der Waals surface area (Å²) < 4.78 is 4.87. The highest BCUT2D eigenvalue weighted by Gasteiger charge is 2.38. The number of hydrogen-bond donors (Lipinski definition) is 1. The number of aliphatic imine (C=N–C) groups is 1. The molecule has 1 aromatic rings. The molecule has 0 radical (unpaired) electrons. The number of aryl methyl sites for hydroxylation is 1. The van der Waals surface area contributed by atoms with Crippen molar-refractivity contribution < 1.29 is 19.1 Å². The second-order valence-electron chi connectivity index (χ2n) is 5.88. The van der Waals surface area contributed by atoms with E-state index in [0.717, 1.165) is 10.4 Å². The molecule has 0 unspecified atom stereocenters. The topological polar surface area (TPSA) is 88.1 Å². The van der Waals surface area contributed by atoms with Gasteiger partial charge in [-0.2, -0.15) is 0 Å². The quantitative estimate of drug-likeness (QED) is 0.697. The van der Waals surface area contributed by atoms with E-state index in [4.69, 9.17) is 4.74 Å². The van der Waals surface area contributed by atoms with Crippen molar-refractivity contribution in [3.8, 4) is 0 Å². The largest absolute Gasteiger partial charge is 0.465 e. The average Bonchev–Trinajstić information content (AvgIpc) is 3.10. The molecule has 1 aromatic heterocycles. The summed E-state index contributed by atoms with van der Waals surface area (Å²) in [6, 6.07) is 0. The highest BCUT2D eigenvalue weighted by Crippen LogP contribution is 2.35. The van der Waals surface area contributed by atoms with E-state index in [1.807, 2.05) is 27.7 Å². The number of thiophene rings is 1. The van der Waals surface area contributed by atoms with Crippen molar-refractivity contribution in [2.45, 2.75) is 45.8 Å². The maximum absolute atomic E-state index is 12.6. The van der Waals surface area contributed by atoms with Crippen LogP contribution in [0.3, 0.4) is 0 Å². The lowest BCUT2D eigenvalue weighted by atomic mass is 10.1. The van der Waals surface area contributed by atoms with Crippen molar-refractivity contribution in [2.75, 3.05) is 25.5 Å². The van der Waals surface area contributed by atoms with E-state index < -0.39 is 11.2 Å². The minimum atomic E-state index is -0.497. The van der Waals surface area contributed by atoms with Crippen LogP contribution in [0.25, 0.3) is 0 Å². The number of nitrogens with zero attached hydrogens (tertiary/aromatic N) is 2. The Morgan fingerprint density at radius 3 is 2.56 bits per heavy atom. The zero-order chi connectivity index (χ0) is 20.1. The molecule has 1 atom stereocenters. The molecule has 0 aliphatic carbocycles. The molecule has 9 heteroatoms. The fraction of sp³-hybridized carbons (Fsp3) is 0.556. The van der Waals surface area contributed by atoms with Crippen LogP contribution in [-0.2, 0) is 20.7 Å². The Morgan fingerprint density at radius 1 is 1.30 bits per heavy atom. The van der Waals surface area contributed by atoms with Crippen molar-refractivity contribution in [2.24, 2.45) is 4.99 Å². The van der Waals surface area contributed by atoms with Crippen LogP contribution >= 0.6 is 23.1 Å². The van der Waals surface area contributed by atoms with E-state index in [1.165, 1.54) is 30.2 Å². The van der Waals surface area contributed by atoms with E-state index in [9.17, 15) is 14.4 Å². The molecule has 2 rings (SSSR count). The molecular weight excluding hydrogens is 386 g/mol. The zero-order valence-corrected chi connectivity index (χ0v) is 17.9. The summed E-state index contributed by atoms with van der Waals surface area (Å²) in [7, 11) is 1.32. The van der Waals surface area contributed by atoms with Crippen LogP contribution in [0.2, 0.25) is 0 Å². The van der Waals surface area contributed by atoms with Gasteiger partial charge in [0, 0.05) is 24.4 Å². The summed E-state index contributed by atoms with van der Waals surface area (Å²) >= 11 is 2.67. The fourth-order valence-corrected chi connectivity index (χ4v) is 5.36. The average molecular weight is 412 g/mol. The van der Waals surface area contributed by atoms with Crippen molar-refractivity contribution >= 4 is 51.1 Å². The smallest absolute Gasteiger partial charge is 0.341 e. The van der Waals surface area contributed by atoms with E-state index >= 15 is 0 Å². The third-order valence-corrected chi connectivity index (χ3v) is 6.48. The van der Waals surface area contributed by atoms with Crippen LogP contribution in [0, 0.1) is 6.92 Å². The number of thioether (sulfide) groups is 1. The molecule has 7 nitrogen and oxygen atoms in total. The first-order chi connectivity index (χ1) is 12.9. The Balaban J connectivity index is 2.16. The zero-order valence-electron chi connectivity index (χ0n) is 16.2. The molecule has 1 saturated heterocycles. The first-order valence-electron chi connectivity index (χ1n) is 8.90. The number of amidine groups is 1. The molecule has 2 heterocycles. The van der Waals surface area contributed by atoms with Gasteiger partial charge in [0.2, 0.25) is 11.8 Å². The van der Waals surface area contributed by atoms with Gasteiger partial charge in [-0.15, -0.1) is 11.3 Å². The molecule has 1 aliphatic heterocycles. The molecule has 0 saturated carbocycles. The van der Waals surface area contributed by atoms with Crippen molar-refractivity contribution in [1.82, 2.24) is 4.90 Å². The number of carbonyl (C=O) groups excluding carboxylic acids is 3. The minimum Gasteiger partial charge on any atom is -0.465 e. The highest BCUT2D eigenvalue weighted by atomic mass is 32.2. The maximum atomic E-state index is 12.6. The summed E-state index contributed by atoms with van der Waals surface area (Å²) in [5, 5.41) is 3.45. The predicted octanol–water partition coefficient (Wildman–Crippen LogP) is 3.07. The molecule has 1 fully saturated rings. The molecule has 1 aliphatic rings. The number of amides is 2. The lowest BCUT2D eigenvalue weighted by Gasteiger charge is -2.13. The summed E-state index contributed by atoms with van der Waals surface area (Å²) in [5.74, 6) is -0.870. The Hall–Kier alpha value is -1.87. The molecule has 0 bridgehead atoms. The number of methoxy groups -OCH3 is 1. The lowest BCUT2D eigenvalue weighted by Crippen LogP contribution is -2.33. The highest BCUT2D eigenvalue weighted by molar-refractivity contribution is 8.15. The molecule has 0 aromatic carbocycles. The molecule has 27 heavy (non-hydrogen) atoms. The monoisotopic (exact) mass is 411 g/mol. The third kappa shape index (κ3) is 4.52. The number of esters is 1. The van der Waals surface area contributed by atoms with Crippen molar-refractivity contribution in [3.63, 3.8) is 0 Å². The Labute approximate surface area is 167 Å². The summed E-state index contributed by atoms with van der Waals surface area (Å²) in [5.41, 5.74) is 1.28. The first kappa shape index (κ1) is 21.4. The van der Waals surface area contributed by atoms with Crippen LogP contribution in [0.15, 0.2) is 4.99 Å². The lowest BCUT2D eigenvalue weighted by molar-refractivity contribution is -0.128. The van der Waals surface area contributed by atoms with E-state index in [-0.39, 0.29) is 18.2 Å². The van der Waals surface area contributed by atoms with Gasteiger partial charge in [-0.05, 0) is 32.8 Å². The number of rotatable bonds is 7. The van der Waals surface area contributed by atoms with Gasteiger partial charge in [0.15, 0.2) is 5.17 Å². The fourth-order valence-electron chi connectivity index (χ4n) is 2.94. The number of anilines is 1. The van der Waals surface area contributed by atoms with Gasteiger partial charge in [0.05, 0.1) is 12.7 Å². The standard InChI is InChI=1S/C18H25N3O4S2/c1-6-11-10(4)26-15(14(11)17(24)25-5)20-13(22)9-12-16(23)21(8-3)18(27-12)19-7-2/h12H,6-9H2,1-5H3,(H,20,22)/t12-/m1/s1. The minimum absolute atomic E-state index is 0.0295. The van der Waals surface area contributed by atoms with Gasteiger partial charge < -0.3 is 10.1 Å². The molecule has 148 valence electrons. The number of ether oxygens (including phenoxy) is 1. The van der Waals surface area contributed by atoms with Gasteiger partial charge in [-0.3, -0.25) is 19.5 Å². The Morgan fingerprint density at radius 2 is 2.00 bits per heavy atom. The van der Waals surface area contributed by atoms with Gasteiger partial charge >= 0.3 is 5.97 Å². The molecule has 1 N–H and O–H groups in total. The number of nitrogens with one attached hydrogen (secondary N) is 1. The van der Waals surface area contributed by atoms with Gasteiger partial charge in [0.25, 0.3) is 0 Å². The summed E-state index contributed by atoms with van der Waals surface area (Å²) in [4.78, 5) is 44.1. The summed E-state index contributed by atoms with van der Waals surface area (Å²) in [6.07, 6.45) is 0.698. The van der Waals surface area contributed by atoms with Crippen LogP contribution in [0.5, 0.6) is 0 Å². The van der Waals surface area contributed by atoms with Gasteiger partial charge in [-0.1, -0.05) is 18.7 Å². The van der Waals surface area contributed by atoms with E-state index in [1.54, 1.807) is 4.90 Å².